The van der Waals surface area contributed by atoms with E-state index < -0.39 is 10.8 Å². The molecule has 0 aliphatic carbocycles. The van der Waals surface area contributed by atoms with Gasteiger partial charge in [-0.15, -0.1) is 10.2 Å². The van der Waals surface area contributed by atoms with Crippen LogP contribution in [0.15, 0.2) is 63.8 Å². The summed E-state index contributed by atoms with van der Waals surface area (Å²) >= 11 is 2.93. The standard InChI is InChI=1S/C17H15N3O2S3/c1-25(22)14-9-7-13(8-10-14)15(21)18-16-19-20-17(24-16)23-11-12-5-3-2-4-6-12/h2-10H,11H2,1H3,(H,18,19,21). The lowest BCUT2D eigenvalue weighted by Crippen LogP contribution is -2.11. The quantitative estimate of drug-likeness (QED) is 0.512. The van der Waals surface area contributed by atoms with Crippen molar-refractivity contribution in [2.75, 3.05) is 11.6 Å². The highest BCUT2D eigenvalue weighted by Crippen LogP contribution is 2.28. The molecule has 0 spiro atoms. The molecular weight excluding hydrogens is 374 g/mol. The molecule has 0 bridgehead atoms. The molecule has 3 aromatic rings. The second-order valence-electron chi connectivity index (χ2n) is 5.08. The number of anilines is 1. The fraction of sp³-hybridized carbons (Fsp3) is 0.118. The molecule has 1 unspecified atom stereocenters. The maximum absolute atomic E-state index is 12.2. The zero-order valence-corrected chi connectivity index (χ0v) is 15.8. The van der Waals surface area contributed by atoms with Crippen LogP contribution < -0.4 is 5.32 Å². The molecule has 2 aromatic carbocycles. The first-order valence-electron chi connectivity index (χ1n) is 7.37. The number of amides is 1. The Kier molecular flexibility index (Phi) is 5.95. The van der Waals surface area contributed by atoms with Crippen LogP contribution in [0.2, 0.25) is 0 Å². The van der Waals surface area contributed by atoms with E-state index in [1.54, 1.807) is 42.3 Å². The van der Waals surface area contributed by atoms with Gasteiger partial charge in [-0.1, -0.05) is 53.4 Å². The van der Waals surface area contributed by atoms with Crippen LogP contribution in [-0.4, -0.2) is 26.6 Å². The minimum Gasteiger partial charge on any atom is -0.296 e. The number of rotatable bonds is 6. The number of carbonyl (C=O) groups is 1. The topological polar surface area (TPSA) is 72.0 Å². The van der Waals surface area contributed by atoms with Crippen LogP contribution in [0, 0.1) is 0 Å². The Morgan fingerprint density at radius 1 is 1.12 bits per heavy atom. The maximum atomic E-state index is 12.2. The number of benzene rings is 2. The van der Waals surface area contributed by atoms with Gasteiger partial charge in [0.2, 0.25) is 5.13 Å². The summed E-state index contributed by atoms with van der Waals surface area (Å²) in [6.07, 6.45) is 1.60. The number of nitrogens with zero attached hydrogens (tertiary/aromatic N) is 2. The van der Waals surface area contributed by atoms with Gasteiger partial charge in [0.25, 0.3) is 5.91 Å². The van der Waals surface area contributed by atoms with Crippen molar-refractivity contribution in [3.63, 3.8) is 0 Å². The van der Waals surface area contributed by atoms with E-state index in [1.165, 1.54) is 16.9 Å². The highest BCUT2D eigenvalue weighted by atomic mass is 32.2. The molecule has 0 aliphatic rings. The first-order chi connectivity index (χ1) is 12.1. The Hall–Kier alpha value is -2.03. The van der Waals surface area contributed by atoms with E-state index >= 15 is 0 Å². The van der Waals surface area contributed by atoms with Crippen molar-refractivity contribution >= 4 is 44.9 Å². The number of hydrogen-bond donors (Lipinski definition) is 1. The van der Waals surface area contributed by atoms with Gasteiger partial charge in [0.05, 0.1) is 0 Å². The van der Waals surface area contributed by atoms with E-state index in [0.717, 1.165) is 10.1 Å². The summed E-state index contributed by atoms with van der Waals surface area (Å²) in [7, 11) is -1.06. The van der Waals surface area contributed by atoms with Crippen LogP contribution in [0.1, 0.15) is 15.9 Å². The Balaban J connectivity index is 1.58. The molecular formula is C17H15N3O2S3. The Bertz CT molecular complexity index is 880. The van der Waals surface area contributed by atoms with E-state index in [-0.39, 0.29) is 5.91 Å². The largest absolute Gasteiger partial charge is 0.296 e. The van der Waals surface area contributed by atoms with E-state index in [1.807, 2.05) is 18.2 Å². The van der Waals surface area contributed by atoms with Crippen LogP contribution >= 0.6 is 23.1 Å². The number of carbonyl (C=O) groups excluding carboxylic acids is 1. The minimum atomic E-state index is -1.06. The molecule has 1 N–H and O–H groups in total. The summed E-state index contributed by atoms with van der Waals surface area (Å²) in [5, 5.41) is 11.3. The average Bonchev–Trinajstić information content (AvgIpc) is 3.08. The third-order valence-corrected chi connectivity index (χ3v) is 6.26. The highest BCUT2D eigenvalue weighted by molar-refractivity contribution is 8.00. The Morgan fingerprint density at radius 2 is 1.84 bits per heavy atom. The van der Waals surface area contributed by atoms with Gasteiger partial charge in [0.15, 0.2) is 4.34 Å². The van der Waals surface area contributed by atoms with Crippen molar-refractivity contribution in [1.82, 2.24) is 10.2 Å². The fourth-order valence-corrected chi connectivity index (χ4v) is 4.23. The monoisotopic (exact) mass is 389 g/mol. The Labute approximate surface area is 156 Å². The van der Waals surface area contributed by atoms with Crippen LogP contribution in [-0.2, 0) is 16.6 Å². The molecule has 3 rings (SSSR count). The molecule has 0 saturated heterocycles. The van der Waals surface area contributed by atoms with E-state index in [2.05, 4.69) is 27.6 Å². The molecule has 25 heavy (non-hydrogen) atoms. The van der Waals surface area contributed by atoms with Gasteiger partial charge in [0.1, 0.15) is 0 Å². The molecule has 1 heterocycles. The van der Waals surface area contributed by atoms with E-state index in [0.29, 0.717) is 15.6 Å². The number of thioether (sulfide) groups is 1. The van der Waals surface area contributed by atoms with Crippen molar-refractivity contribution in [3.05, 3.63) is 65.7 Å². The zero-order valence-electron chi connectivity index (χ0n) is 13.3. The molecule has 1 atom stereocenters. The molecule has 0 saturated carbocycles. The van der Waals surface area contributed by atoms with Gasteiger partial charge in [-0.2, -0.15) is 0 Å². The smallest absolute Gasteiger partial charge is 0.257 e. The summed E-state index contributed by atoms with van der Waals surface area (Å²) in [4.78, 5) is 12.9. The van der Waals surface area contributed by atoms with Gasteiger partial charge in [-0.25, -0.2) is 0 Å². The van der Waals surface area contributed by atoms with Crippen molar-refractivity contribution < 1.29 is 9.00 Å². The first kappa shape index (κ1) is 17.8. The summed E-state index contributed by atoms with van der Waals surface area (Å²) in [6.45, 7) is 0. The lowest BCUT2D eigenvalue weighted by molar-refractivity contribution is 0.102. The lowest BCUT2D eigenvalue weighted by Gasteiger charge is -2.02. The third-order valence-electron chi connectivity index (χ3n) is 3.28. The lowest BCUT2D eigenvalue weighted by atomic mass is 10.2. The van der Waals surface area contributed by atoms with Gasteiger partial charge < -0.3 is 0 Å². The average molecular weight is 390 g/mol. The summed E-state index contributed by atoms with van der Waals surface area (Å²) < 4.78 is 12.2. The minimum absolute atomic E-state index is 0.260. The second kappa shape index (κ2) is 8.37. The number of aromatic nitrogens is 2. The van der Waals surface area contributed by atoms with Crippen molar-refractivity contribution in [2.45, 2.75) is 15.0 Å². The van der Waals surface area contributed by atoms with E-state index in [9.17, 15) is 9.00 Å². The number of hydrogen-bond acceptors (Lipinski definition) is 6. The van der Waals surface area contributed by atoms with Crippen LogP contribution in [0.4, 0.5) is 5.13 Å². The summed E-state index contributed by atoms with van der Waals surface area (Å²) in [6, 6.07) is 16.8. The molecule has 5 nitrogen and oxygen atoms in total. The highest BCUT2D eigenvalue weighted by Gasteiger charge is 2.11. The molecule has 0 radical (unpaired) electrons. The maximum Gasteiger partial charge on any atom is 0.257 e. The SMILES string of the molecule is CS(=O)c1ccc(C(=O)Nc2nnc(SCc3ccccc3)s2)cc1. The summed E-state index contributed by atoms with van der Waals surface area (Å²) in [5.74, 6) is 0.545. The predicted octanol–water partition coefficient (Wildman–Crippen LogP) is 3.82. The normalized spacial score (nSPS) is 11.9. The van der Waals surface area contributed by atoms with Crippen LogP contribution in [0.25, 0.3) is 0 Å². The third kappa shape index (κ3) is 4.97. The molecule has 8 heteroatoms. The molecule has 1 amide bonds. The van der Waals surface area contributed by atoms with Crippen molar-refractivity contribution in [3.8, 4) is 0 Å². The van der Waals surface area contributed by atoms with Gasteiger partial charge >= 0.3 is 0 Å². The van der Waals surface area contributed by atoms with Crippen LogP contribution in [0.3, 0.4) is 0 Å². The summed E-state index contributed by atoms with van der Waals surface area (Å²) in [5.41, 5.74) is 1.70. The van der Waals surface area contributed by atoms with Gasteiger partial charge in [0, 0.05) is 33.3 Å². The predicted molar refractivity (Wildman–Crippen MR) is 103 cm³/mol. The first-order valence-corrected chi connectivity index (χ1v) is 10.7. The molecule has 128 valence electrons. The van der Waals surface area contributed by atoms with E-state index in [4.69, 9.17) is 0 Å². The molecule has 0 fully saturated rings. The van der Waals surface area contributed by atoms with Crippen molar-refractivity contribution in [1.29, 1.82) is 0 Å². The molecule has 1 aromatic heterocycles. The zero-order chi connectivity index (χ0) is 17.6. The van der Waals surface area contributed by atoms with Gasteiger partial charge in [-0.05, 0) is 29.8 Å². The number of nitrogens with one attached hydrogen (secondary N) is 1. The fourth-order valence-electron chi connectivity index (χ4n) is 2.01. The molecule has 0 aliphatic heterocycles. The van der Waals surface area contributed by atoms with Crippen LogP contribution in [0.5, 0.6) is 0 Å². The Morgan fingerprint density at radius 3 is 2.52 bits per heavy atom. The second-order valence-corrected chi connectivity index (χ2v) is 8.66. The van der Waals surface area contributed by atoms with Gasteiger partial charge in [-0.3, -0.25) is 14.3 Å². The van der Waals surface area contributed by atoms with Crippen molar-refractivity contribution in [2.24, 2.45) is 0 Å².